The number of amides is 2. The number of thiocarbonyl (C=S) groups is 1. The molecule has 28 heavy (non-hydrogen) atoms. The number of carbonyl (C=O) groups excluding carboxylic acids is 2. The van der Waals surface area contributed by atoms with E-state index in [1.165, 1.54) is 0 Å². The third kappa shape index (κ3) is 6.35. The summed E-state index contributed by atoms with van der Waals surface area (Å²) in [6, 6.07) is 12.4. The maximum atomic E-state index is 12.4. The van der Waals surface area contributed by atoms with Crippen molar-refractivity contribution < 1.29 is 14.3 Å². The zero-order valence-electron chi connectivity index (χ0n) is 16.3. The van der Waals surface area contributed by atoms with Gasteiger partial charge in [0, 0.05) is 23.4 Å². The monoisotopic (exact) mass is 399 g/mol. The van der Waals surface area contributed by atoms with Gasteiger partial charge in [-0.1, -0.05) is 26.0 Å². The molecule has 6 nitrogen and oxygen atoms in total. The Kier molecular flexibility index (Phi) is 7.95. The zero-order chi connectivity index (χ0) is 20.5. The molecule has 0 unspecified atom stereocenters. The van der Waals surface area contributed by atoms with Crippen LogP contribution in [0.15, 0.2) is 42.5 Å². The van der Waals surface area contributed by atoms with Gasteiger partial charge in [0.1, 0.15) is 5.75 Å². The van der Waals surface area contributed by atoms with Crippen molar-refractivity contribution in [3.05, 3.63) is 53.6 Å². The highest BCUT2D eigenvalue weighted by molar-refractivity contribution is 7.80. The second-order valence-corrected chi connectivity index (χ2v) is 6.62. The maximum Gasteiger partial charge on any atom is 0.257 e. The van der Waals surface area contributed by atoms with Gasteiger partial charge in [-0.2, -0.15) is 0 Å². The summed E-state index contributed by atoms with van der Waals surface area (Å²) < 4.78 is 5.55. The lowest BCUT2D eigenvalue weighted by molar-refractivity contribution is -0.115. The van der Waals surface area contributed by atoms with Gasteiger partial charge in [0.25, 0.3) is 5.91 Å². The molecular weight excluding hydrogens is 374 g/mol. The van der Waals surface area contributed by atoms with Gasteiger partial charge in [0.15, 0.2) is 5.11 Å². The molecule has 7 heteroatoms. The maximum absolute atomic E-state index is 12.4. The normalized spacial score (nSPS) is 10.1. The summed E-state index contributed by atoms with van der Waals surface area (Å²) in [4.78, 5) is 24.1. The van der Waals surface area contributed by atoms with E-state index in [1.807, 2.05) is 26.0 Å². The van der Waals surface area contributed by atoms with E-state index in [0.29, 0.717) is 35.7 Å². The van der Waals surface area contributed by atoms with Gasteiger partial charge >= 0.3 is 0 Å². The number of anilines is 2. The molecule has 3 N–H and O–H groups in total. The molecule has 0 bridgehead atoms. The van der Waals surface area contributed by atoms with Crippen LogP contribution in [0.5, 0.6) is 5.75 Å². The van der Waals surface area contributed by atoms with Gasteiger partial charge in [-0.05, 0) is 61.5 Å². The van der Waals surface area contributed by atoms with Crippen molar-refractivity contribution >= 4 is 40.5 Å². The van der Waals surface area contributed by atoms with Crippen LogP contribution in [-0.4, -0.2) is 23.5 Å². The molecule has 0 aromatic heterocycles. The van der Waals surface area contributed by atoms with Gasteiger partial charge in [-0.3, -0.25) is 14.9 Å². The summed E-state index contributed by atoms with van der Waals surface area (Å²) >= 11 is 5.24. The van der Waals surface area contributed by atoms with E-state index in [2.05, 4.69) is 16.0 Å². The van der Waals surface area contributed by atoms with Crippen LogP contribution in [0.1, 0.15) is 42.6 Å². The van der Waals surface area contributed by atoms with E-state index in [4.69, 9.17) is 17.0 Å². The molecule has 2 amide bonds. The molecule has 2 aromatic rings. The second kappa shape index (κ2) is 10.4. The average molecular weight is 400 g/mol. The number of benzene rings is 2. The zero-order valence-corrected chi connectivity index (χ0v) is 17.1. The molecule has 2 aromatic carbocycles. The Labute approximate surface area is 170 Å². The quantitative estimate of drug-likeness (QED) is 0.606. The number of rotatable bonds is 7. The van der Waals surface area contributed by atoms with Crippen molar-refractivity contribution in [2.75, 3.05) is 17.2 Å². The smallest absolute Gasteiger partial charge is 0.257 e. The summed E-state index contributed by atoms with van der Waals surface area (Å²) in [6.45, 7) is 6.31. The van der Waals surface area contributed by atoms with Crippen LogP contribution in [0.25, 0.3) is 0 Å². The topological polar surface area (TPSA) is 79.5 Å². The Morgan fingerprint density at radius 3 is 2.57 bits per heavy atom. The Hall–Kier alpha value is -2.93. The first kappa shape index (κ1) is 21.4. The Morgan fingerprint density at radius 2 is 1.86 bits per heavy atom. The van der Waals surface area contributed by atoms with E-state index in [9.17, 15) is 9.59 Å². The fraction of sp³-hybridized carbons (Fsp3) is 0.286. The summed E-state index contributed by atoms with van der Waals surface area (Å²) in [5.41, 5.74) is 2.76. The largest absolute Gasteiger partial charge is 0.494 e. The molecule has 0 saturated carbocycles. The van der Waals surface area contributed by atoms with Crippen molar-refractivity contribution in [2.24, 2.45) is 0 Å². The molecule has 0 aliphatic rings. The van der Waals surface area contributed by atoms with Crippen molar-refractivity contribution in [3.63, 3.8) is 0 Å². The van der Waals surface area contributed by atoms with Crippen LogP contribution in [-0.2, 0) is 4.79 Å². The fourth-order valence-electron chi connectivity index (χ4n) is 2.36. The predicted molar refractivity (Wildman–Crippen MR) is 116 cm³/mol. The number of hydrogen-bond acceptors (Lipinski definition) is 4. The van der Waals surface area contributed by atoms with Crippen LogP contribution in [0.4, 0.5) is 11.4 Å². The van der Waals surface area contributed by atoms with E-state index in [0.717, 1.165) is 12.0 Å². The first-order valence-electron chi connectivity index (χ1n) is 9.18. The SMILES string of the molecule is CCCOc1cccc(C(=O)NC(=S)Nc2ccc(C)c(NC(=O)CC)c2)c1. The number of hydrogen-bond donors (Lipinski definition) is 3. The van der Waals surface area contributed by atoms with E-state index >= 15 is 0 Å². The highest BCUT2D eigenvalue weighted by Crippen LogP contribution is 2.20. The lowest BCUT2D eigenvalue weighted by Crippen LogP contribution is -2.34. The van der Waals surface area contributed by atoms with Crippen molar-refractivity contribution in [2.45, 2.75) is 33.6 Å². The van der Waals surface area contributed by atoms with Crippen LogP contribution in [0, 0.1) is 6.92 Å². The molecule has 0 radical (unpaired) electrons. The molecular formula is C21H25N3O3S. The first-order valence-corrected chi connectivity index (χ1v) is 9.59. The Bertz CT molecular complexity index is 868. The predicted octanol–water partition coefficient (Wildman–Crippen LogP) is 4.26. The minimum Gasteiger partial charge on any atom is -0.494 e. The van der Waals surface area contributed by atoms with Gasteiger partial charge in [-0.25, -0.2) is 0 Å². The van der Waals surface area contributed by atoms with Crippen molar-refractivity contribution in [1.29, 1.82) is 0 Å². The number of ether oxygens (including phenoxy) is 1. The molecule has 0 aliphatic carbocycles. The number of carbonyl (C=O) groups is 2. The van der Waals surface area contributed by atoms with Gasteiger partial charge < -0.3 is 15.4 Å². The van der Waals surface area contributed by atoms with Crippen LogP contribution in [0.2, 0.25) is 0 Å². The van der Waals surface area contributed by atoms with Gasteiger partial charge in [0.05, 0.1) is 6.61 Å². The highest BCUT2D eigenvalue weighted by Gasteiger charge is 2.10. The van der Waals surface area contributed by atoms with Crippen LogP contribution >= 0.6 is 12.2 Å². The van der Waals surface area contributed by atoms with Crippen molar-refractivity contribution in [3.8, 4) is 5.75 Å². The molecule has 0 heterocycles. The van der Waals surface area contributed by atoms with Gasteiger partial charge in [-0.15, -0.1) is 0 Å². The van der Waals surface area contributed by atoms with E-state index in [-0.39, 0.29) is 16.9 Å². The molecule has 0 saturated heterocycles. The standard InChI is InChI=1S/C21H25N3O3S/c1-4-11-27-17-8-6-7-15(12-17)20(26)24-21(28)22-16-10-9-14(3)18(13-16)23-19(25)5-2/h6-10,12-13H,4-5,11H2,1-3H3,(H,23,25)(H2,22,24,26,28). The first-order chi connectivity index (χ1) is 13.4. The number of nitrogens with one attached hydrogen (secondary N) is 3. The van der Waals surface area contributed by atoms with Crippen LogP contribution in [0.3, 0.4) is 0 Å². The summed E-state index contributed by atoms with van der Waals surface area (Å²) in [5.74, 6) is 0.246. The molecule has 148 valence electrons. The molecule has 2 rings (SSSR count). The fourth-order valence-corrected chi connectivity index (χ4v) is 2.57. The number of aryl methyl sites for hydroxylation is 1. The summed E-state index contributed by atoms with van der Waals surface area (Å²) in [5, 5.41) is 8.63. The molecule has 0 aliphatic heterocycles. The van der Waals surface area contributed by atoms with Crippen LogP contribution < -0.4 is 20.7 Å². The lowest BCUT2D eigenvalue weighted by atomic mass is 10.1. The summed E-state index contributed by atoms with van der Waals surface area (Å²) in [6.07, 6.45) is 1.29. The summed E-state index contributed by atoms with van der Waals surface area (Å²) in [7, 11) is 0. The van der Waals surface area contributed by atoms with E-state index in [1.54, 1.807) is 37.3 Å². The minimum absolute atomic E-state index is 0.0682. The Morgan fingerprint density at radius 1 is 1.07 bits per heavy atom. The minimum atomic E-state index is -0.328. The Balaban J connectivity index is 2.01. The lowest BCUT2D eigenvalue weighted by Gasteiger charge is -2.13. The third-order valence-electron chi connectivity index (χ3n) is 3.89. The molecule has 0 spiro atoms. The highest BCUT2D eigenvalue weighted by atomic mass is 32.1. The third-order valence-corrected chi connectivity index (χ3v) is 4.09. The average Bonchev–Trinajstić information content (AvgIpc) is 2.68. The second-order valence-electron chi connectivity index (χ2n) is 6.22. The van der Waals surface area contributed by atoms with Gasteiger partial charge in [0.2, 0.25) is 5.91 Å². The van der Waals surface area contributed by atoms with E-state index < -0.39 is 0 Å². The molecule has 0 fully saturated rings. The van der Waals surface area contributed by atoms with Crippen molar-refractivity contribution in [1.82, 2.24) is 5.32 Å². The molecule has 0 atom stereocenters.